The Balaban J connectivity index is 1.73. The van der Waals surface area contributed by atoms with Gasteiger partial charge in [-0.3, -0.25) is 0 Å². The molecule has 5 nitrogen and oxygen atoms in total. The van der Waals surface area contributed by atoms with E-state index in [1.165, 1.54) is 31.4 Å². The highest BCUT2D eigenvalue weighted by Crippen LogP contribution is 2.32. The molecule has 0 aliphatic carbocycles. The van der Waals surface area contributed by atoms with Crippen molar-refractivity contribution in [3.05, 3.63) is 83.1 Å². The van der Waals surface area contributed by atoms with Gasteiger partial charge in [-0.2, -0.15) is 0 Å². The highest BCUT2D eigenvalue weighted by molar-refractivity contribution is 6.30. The van der Waals surface area contributed by atoms with Crippen molar-refractivity contribution in [2.24, 2.45) is 0 Å². The number of esters is 1. The van der Waals surface area contributed by atoms with Gasteiger partial charge in [0.25, 0.3) is 0 Å². The zero-order valence-electron chi connectivity index (χ0n) is 14.2. The molecule has 0 aliphatic heterocycles. The van der Waals surface area contributed by atoms with E-state index in [2.05, 4.69) is 10.2 Å². The molecule has 138 valence electrons. The van der Waals surface area contributed by atoms with Crippen molar-refractivity contribution in [2.45, 2.75) is 0 Å². The molecule has 0 aliphatic rings. The van der Waals surface area contributed by atoms with E-state index in [0.29, 0.717) is 33.5 Å². The number of anilines is 1. The maximum absolute atomic E-state index is 13.0. The minimum Gasteiger partial charge on any atom is -0.465 e. The van der Waals surface area contributed by atoms with Crippen molar-refractivity contribution >= 4 is 23.3 Å². The molecule has 0 spiro atoms. The van der Waals surface area contributed by atoms with Gasteiger partial charge < -0.3 is 14.3 Å². The maximum Gasteiger partial charge on any atom is 0.337 e. The standard InChI is InChI=1S/C20H15ClFNO4/c1-25-20(24)13-2-7-17(8-3-13)27-23-18-12-14(21)4-11-19(18)26-16-9-5-15(22)6-10-16/h2-12,23H,1H3. The first-order chi connectivity index (χ1) is 13.0. The largest absolute Gasteiger partial charge is 0.465 e. The summed E-state index contributed by atoms with van der Waals surface area (Å²) in [5.41, 5.74) is 3.65. The first kappa shape index (κ1) is 18.5. The number of nitrogens with one attached hydrogen (secondary N) is 1. The van der Waals surface area contributed by atoms with Crippen molar-refractivity contribution in [3.63, 3.8) is 0 Å². The van der Waals surface area contributed by atoms with Crippen LogP contribution in [0, 0.1) is 5.82 Å². The van der Waals surface area contributed by atoms with Crippen LogP contribution in [0.5, 0.6) is 17.2 Å². The van der Waals surface area contributed by atoms with Crippen molar-refractivity contribution in [2.75, 3.05) is 12.6 Å². The lowest BCUT2D eigenvalue weighted by atomic mass is 10.2. The summed E-state index contributed by atoms with van der Waals surface area (Å²) in [5.74, 6) is 0.589. The number of hydrogen-bond acceptors (Lipinski definition) is 5. The third-order valence-corrected chi connectivity index (χ3v) is 3.77. The molecule has 0 amide bonds. The molecule has 0 saturated carbocycles. The topological polar surface area (TPSA) is 56.8 Å². The molecule has 0 bridgehead atoms. The predicted molar refractivity (Wildman–Crippen MR) is 100.0 cm³/mol. The van der Waals surface area contributed by atoms with Crippen LogP contribution in [0.15, 0.2) is 66.7 Å². The van der Waals surface area contributed by atoms with Crippen LogP contribution < -0.4 is 15.1 Å². The van der Waals surface area contributed by atoms with Crippen LogP contribution in [-0.4, -0.2) is 13.1 Å². The molecule has 0 saturated heterocycles. The van der Waals surface area contributed by atoms with Gasteiger partial charge in [0.15, 0.2) is 11.5 Å². The molecule has 0 aromatic heterocycles. The summed E-state index contributed by atoms with van der Waals surface area (Å²) >= 11 is 6.04. The normalized spacial score (nSPS) is 10.2. The van der Waals surface area contributed by atoms with Crippen molar-refractivity contribution in [3.8, 4) is 17.2 Å². The van der Waals surface area contributed by atoms with Gasteiger partial charge in [-0.1, -0.05) is 11.6 Å². The summed E-state index contributed by atoms with van der Waals surface area (Å²) in [6.07, 6.45) is 0. The van der Waals surface area contributed by atoms with E-state index in [4.69, 9.17) is 21.2 Å². The van der Waals surface area contributed by atoms with Gasteiger partial charge in [0.05, 0.1) is 12.7 Å². The summed E-state index contributed by atoms with van der Waals surface area (Å²) in [4.78, 5) is 17.0. The lowest BCUT2D eigenvalue weighted by Crippen LogP contribution is -2.06. The smallest absolute Gasteiger partial charge is 0.337 e. The van der Waals surface area contributed by atoms with E-state index >= 15 is 0 Å². The zero-order chi connectivity index (χ0) is 19.2. The van der Waals surface area contributed by atoms with Crippen LogP contribution in [0.25, 0.3) is 0 Å². The number of carbonyl (C=O) groups excluding carboxylic acids is 1. The maximum atomic E-state index is 13.0. The Morgan fingerprint density at radius 3 is 2.30 bits per heavy atom. The van der Waals surface area contributed by atoms with E-state index in [9.17, 15) is 9.18 Å². The lowest BCUT2D eigenvalue weighted by molar-refractivity contribution is 0.0600. The van der Waals surface area contributed by atoms with Crippen LogP contribution >= 0.6 is 11.6 Å². The van der Waals surface area contributed by atoms with Crippen LogP contribution in [0.1, 0.15) is 10.4 Å². The van der Waals surface area contributed by atoms with Crippen LogP contribution in [-0.2, 0) is 4.74 Å². The second-order valence-electron chi connectivity index (χ2n) is 5.42. The van der Waals surface area contributed by atoms with Crippen LogP contribution in [0.4, 0.5) is 10.1 Å². The Bertz CT molecular complexity index is 930. The first-order valence-electron chi connectivity index (χ1n) is 7.89. The molecule has 1 N–H and O–H groups in total. The number of benzene rings is 3. The average Bonchev–Trinajstić information content (AvgIpc) is 2.69. The van der Waals surface area contributed by atoms with Crippen molar-refractivity contribution in [1.82, 2.24) is 0 Å². The molecule has 7 heteroatoms. The zero-order valence-corrected chi connectivity index (χ0v) is 15.0. The highest BCUT2D eigenvalue weighted by atomic mass is 35.5. The Hall–Kier alpha value is -3.25. The second-order valence-corrected chi connectivity index (χ2v) is 5.85. The number of methoxy groups -OCH3 is 1. The quantitative estimate of drug-likeness (QED) is 0.449. The minimum absolute atomic E-state index is 0.351. The van der Waals surface area contributed by atoms with Gasteiger partial charge in [-0.15, -0.1) is 0 Å². The lowest BCUT2D eigenvalue weighted by Gasteiger charge is -2.14. The summed E-state index contributed by atoms with van der Waals surface area (Å²) in [5, 5.41) is 0.480. The van der Waals surface area contributed by atoms with E-state index in [0.717, 1.165) is 0 Å². The fraction of sp³-hybridized carbons (Fsp3) is 0.0500. The first-order valence-corrected chi connectivity index (χ1v) is 8.27. The molecule has 3 aromatic carbocycles. The number of carbonyl (C=O) groups is 1. The Kier molecular flexibility index (Phi) is 5.78. The van der Waals surface area contributed by atoms with Gasteiger partial charge in [0.1, 0.15) is 17.3 Å². The Labute approximate surface area is 160 Å². The molecule has 0 unspecified atom stereocenters. The summed E-state index contributed by atoms with van der Waals surface area (Å²) in [6, 6.07) is 17.0. The summed E-state index contributed by atoms with van der Waals surface area (Å²) in [6.45, 7) is 0. The third kappa shape index (κ3) is 4.89. The van der Waals surface area contributed by atoms with Gasteiger partial charge in [-0.25, -0.2) is 14.7 Å². The number of halogens is 2. The van der Waals surface area contributed by atoms with E-state index in [1.807, 2.05) is 0 Å². The molecule has 3 aromatic rings. The Morgan fingerprint density at radius 1 is 0.963 bits per heavy atom. The molecule has 3 rings (SSSR count). The fourth-order valence-electron chi connectivity index (χ4n) is 2.19. The van der Waals surface area contributed by atoms with Crippen LogP contribution in [0.3, 0.4) is 0 Å². The SMILES string of the molecule is COC(=O)c1ccc(ONc2cc(Cl)ccc2Oc2ccc(F)cc2)cc1. The number of ether oxygens (including phenoxy) is 2. The van der Waals surface area contributed by atoms with Gasteiger partial charge in [-0.05, 0) is 66.7 Å². The average molecular weight is 388 g/mol. The van der Waals surface area contributed by atoms with Crippen molar-refractivity contribution in [1.29, 1.82) is 0 Å². The van der Waals surface area contributed by atoms with E-state index < -0.39 is 5.97 Å². The van der Waals surface area contributed by atoms with Gasteiger partial charge >= 0.3 is 5.97 Å². The molecule has 0 heterocycles. The third-order valence-electron chi connectivity index (χ3n) is 3.54. The monoisotopic (exact) mass is 387 g/mol. The summed E-state index contributed by atoms with van der Waals surface area (Å²) < 4.78 is 23.4. The van der Waals surface area contributed by atoms with Crippen molar-refractivity contribution < 1.29 is 23.5 Å². The van der Waals surface area contributed by atoms with E-state index in [1.54, 1.807) is 42.5 Å². The minimum atomic E-state index is -0.431. The Morgan fingerprint density at radius 2 is 1.63 bits per heavy atom. The van der Waals surface area contributed by atoms with Gasteiger partial charge in [0, 0.05) is 5.02 Å². The summed E-state index contributed by atoms with van der Waals surface area (Å²) in [7, 11) is 1.32. The van der Waals surface area contributed by atoms with E-state index in [-0.39, 0.29) is 5.82 Å². The number of hydrogen-bond donors (Lipinski definition) is 1. The molecule has 0 radical (unpaired) electrons. The van der Waals surface area contributed by atoms with Gasteiger partial charge in [0.2, 0.25) is 0 Å². The second kappa shape index (κ2) is 8.42. The molecule has 0 atom stereocenters. The molecular weight excluding hydrogens is 373 g/mol. The van der Waals surface area contributed by atoms with Crippen LogP contribution in [0.2, 0.25) is 5.02 Å². The highest BCUT2D eigenvalue weighted by Gasteiger charge is 2.09. The number of rotatable bonds is 6. The molecule has 0 fully saturated rings. The fourth-order valence-corrected chi connectivity index (χ4v) is 2.36. The predicted octanol–water partition coefficient (Wildman–Crippen LogP) is 5.46. The molecule has 27 heavy (non-hydrogen) atoms. The molecular formula is C20H15ClFNO4.